The van der Waals surface area contributed by atoms with Crippen molar-refractivity contribution in [2.24, 2.45) is 0 Å². The third kappa shape index (κ3) is 6.73. The lowest BCUT2D eigenvalue weighted by Gasteiger charge is -2.44. The fourth-order valence-corrected chi connectivity index (χ4v) is 14.8. The number of aromatic nitrogens is 2. The molecule has 0 spiro atoms. The second-order valence-corrected chi connectivity index (χ2v) is 22.6. The monoisotopic (exact) mass is 1100 g/mol. The Hall–Kier alpha value is -9.63. The van der Waals surface area contributed by atoms with Gasteiger partial charge in [0, 0.05) is 105 Å². The normalized spacial score (nSPS) is 13.9. The van der Waals surface area contributed by atoms with Crippen LogP contribution in [0.25, 0.3) is 21.8 Å². The van der Waals surface area contributed by atoms with Gasteiger partial charge in [0.05, 0.1) is 22.7 Å². The predicted molar refractivity (Wildman–Crippen MR) is 334 cm³/mol. The van der Waals surface area contributed by atoms with Gasteiger partial charge in [0.1, 0.15) is 80.5 Å². The van der Waals surface area contributed by atoms with E-state index in [0.29, 0.717) is 40.2 Å². The van der Waals surface area contributed by atoms with Gasteiger partial charge in [0.25, 0.3) is 20.1 Å². The number of benzene rings is 10. The van der Waals surface area contributed by atoms with E-state index in [9.17, 15) is 0 Å². The van der Waals surface area contributed by atoms with Crippen molar-refractivity contribution in [3.8, 4) is 80.5 Å². The number of ether oxygens (including phenoxy) is 7. The highest BCUT2D eigenvalue weighted by Crippen LogP contribution is 2.49. The minimum absolute atomic E-state index is 0.266. The quantitative estimate of drug-likeness (QED) is 0.112. The number of rotatable bonds is 8. The summed E-state index contributed by atoms with van der Waals surface area (Å²) < 4.78 is 53.0. The molecule has 6 aliphatic rings. The molecule has 16 heteroatoms. The van der Waals surface area contributed by atoms with E-state index in [2.05, 4.69) is 116 Å². The van der Waals surface area contributed by atoms with Crippen LogP contribution >= 0.6 is 23.9 Å². The molecule has 388 valence electrons. The fraction of sp³-hybridized carbons (Fsp3) is 0.0303. The van der Waals surface area contributed by atoms with Crippen LogP contribution < -0.4 is 91.2 Å². The largest absolute Gasteiger partial charge is 0.458 e. The van der Waals surface area contributed by atoms with Gasteiger partial charge in [-0.2, -0.15) is 0 Å². The second kappa shape index (κ2) is 17.4. The Kier molecular flexibility index (Phi) is 9.82. The van der Waals surface area contributed by atoms with Crippen molar-refractivity contribution in [2.45, 2.75) is 0 Å². The Morgan fingerprint density at radius 2 is 0.720 bits per heavy atom. The summed E-state index contributed by atoms with van der Waals surface area (Å²) in [4.78, 5) is 7.69. The van der Waals surface area contributed by atoms with Gasteiger partial charge in [-0.25, -0.2) is 0 Å². The number of H-pyrrole nitrogens is 2. The Bertz CT molecular complexity index is 4450. The van der Waals surface area contributed by atoms with Crippen LogP contribution in [0.5, 0.6) is 80.5 Å². The molecule has 18 rings (SSSR count). The molecule has 12 aromatic rings. The Balaban J connectivity index is 0.871. The highest BCUT2D eigenvalue weighted by Gasteiger charge is 2.50. The maximum absolute atomic E-state index is 7.22. The average molecular weight is 1100 g/mol. The zero-order chi connectivity index (χ0) is 53.9. The lowest BCUT2D eigenvalue weighted by Crippen LogP contribution is -2.65. The number of para-hydroxylation sites is 5. The van der Waals surface area contributed by atoms with Crippen LogP contribution in [0.1, 0.15) is 0 Å². The van der Waals surface area contributed by atoms with Crippen molar-refractivity contribution in [3.63, 3.8) is 0 Å². The SMILES string of the molecule is CSN1c2cc3c(cc2B2c4cc5c(cc4N(SC)c4cc(Oc6ccccc6)cc1c42)Oc1cc(Oc2ccccc2)cc2c1B5c1[nH]c4ccccc4c1O2)B1c2[nH]c4ccccc4c2Oc2cc(Oc4ccccc4)cc(c21)O3. The van der Waals surface area contributed by atoms with Crippen molar-refractivity contribution in [2.75, 3.05) is 21.1 Å². The summed E-state index contributed by atoms with van der Waals surface area (Å²) in [6.45, 7) is -0.818. The summed E-state index contributed by atoms with van der Waals surface area (Å²) in [5.41, 5.74) is 15.4. The third-order valence-electron chi connectivity index (χ3n) is 16.7. The highest BCUT2D eigenvalue weighted by molar-refractivity contribution is 8.00. The van der Waals surface area contributed by atoms with Crippen LogP contribution in [0.15, 0.2) is 200 Å². The van der Waals surface area contributed by atoms with Gasteiger partial charge in [-0.15, -0.1) is 0 Å². The summed E-state index contributed by atoms with van der Waals surface area (Å²) >= 11 is 3.32. The predicted octanol–water partition coefficient (Wildman–Crippen LogP) is 11.5. The number of hydrogen-bond acceptors (Lipinski definition) is 11. The standard InChI is InChI=1S/C66H41B3N4O7S2/c1-81-72-50-34-54-46(68-61-56(77-54)28-40(75-37-18-8-4-9-19-37)30-58(61)79-63-42-22-12-14-24-48(42)70-65(63)68)32-44(50)67-45-33-47-55(35-51(45)73(82-2)53-27-39(26-52(72)60(53)67)74-36-16-6-3-7-17-36)78-57-29-41(76-38-20-10-5-11-21-38)31-59-62(57)69(47)66-64(80-59)43-23-13-15-25-49(43)71-66/h3-35,70-71H,1-2H3. The molecular formula is C66H41B3N4O7S2. The van der Waals surface area contributed by atoms with E-state index in [1.807, 2.05) is 115 Å². The zero-order valence-corrected chi connectivity index (χ0v) is 45.5. The number of fused-ring (bicyclic) bond motifs is 16. The number of aromatic amines is 2. The van der Waals surface area contributed by atoms with E-state index < -0.39 is 0 Å². The summed E-state index contributed by atoms with van der Waals surface area (Å²) in [6, 6.07) is 68.0. The third-order valence-corrected chi connectivity index (χ3v) is 18.2. The maximum Gasteiger partial charge on any atom is 0.280 e. The van der Waals surface area contributed by atoms with E-state index in [4.69, 9.17) is 33.2 Å². The van der Waals surface area contributed by atoms with Gasteiger partial charge in [-0.1, -0.05) is 91.0 Å². The van der Waals surface area contributed by atoms with Crippen molar-refractivity contribution in [3.05, 3.63) is 200 Å². The molecule has 0 unspecified atom stereocenters. The van der Waals surface area contributed by atoms with Gasteiger partial charge >= 0.3 is 0 Å². The molecule has 6 aliphatic heterocycles. The van der Waals surface area contributed by atoms with Crippen LogP contribution in [0.4, 0.5) is 22.7 Å². The summed E-state index contributed by atoms with van der Waals surface area (Å²) in [5, 5.41) is 2.01. The van der Waals surface area contributed by atoms with Gasteiger partial charge < -0.3 is 43.1 Å². The Morgan fingerprint density at radius 3 is 1.13 bits per heavy atom. The first-order valence-electron chi connectivity index (χ1n) is 27.2. The molecule has 0 saturated heterocycles. The molecule has 0 radical (unpaired) electrons. The van der Waals surface area contributed by atoms with Crippen LogP contribution in [0.3, 0.4) is 0 Å². The molecule has 10 aromatic carbocycles. The minimum Gasteiger partial charge on any atom is -0.458 e. The van der Waals surface area contributed by atoms with Gasteiger partial charge in [-0.3, -0.25) is 8.61 Å². The van der Waals surface area contributed by atoms with Gasteiger partial charge in [-0.05, 0) is 112 Å². The average Bonchev–Trinajstić information content (AvgIpc) is 1.87. The number of nitrogens with one attached hydrogen (secondary N) is 2. The summed E-state index contributed by atoms with van der Waals surface area (Å²) in [5.74, 6) is 9.95. The first-order valence-corrected chi connectivity index (χ1v) is 29.6. The molecular weight excluding hydrogens is 1060 g/mol. The molecule has 0 amide bonds. The van der Waals surface area contributed by atoms with Gasteiger partial charge in [0.2, 0.25) is 0 Å². The van der Waals surface area contributed by atoms with Crippen LogP contribution in [0, 0.1) is 0 Å². The second-order valence-electron chi connectivity index (χ2n) is 21.2. The smallest absolute Gasteiger partial charge is 0.280 e. The van der Waals surface area contributed by atoms with E-state index in [0.717, 1.165) is 129 Å². The number of hydrogen-bond donors (Lipinski definition) is 2. The molecule has 0 bridgehead atoms. The highest BCUT2D eigenvalue weighted by atomic mass is 32.2. The summed E-state index contributed by atoms with van der Waals surface area (Å²) in [6.07, 6.45) is 4.27. The van der Waals surface area contributed by atoms with E-state index in [1.54, 1.807) is 23.9 Å². The van der Waals surface area contributed by atoms with E-state index in [-0.39, 0.29) is 20.1 Å². The van der Waals surface area contributed by atoms with Crippen molar-refractivity contribution < 1.29 is 33.2 Å². The van der Waals surface area contributed by atoms with Crippen LogP contribution in [0.2, 0.25) is 0 Å². The molecule has 82 heavy (non-hydrogen) atoms. The molecule has 8 heterocycles. The zero-order valence-electron chi connectivity index (χ0n) is 43.9. The van der Waals surface area contributed by atoms with Crippen molar-refractivity contribution >= 4 is 138 Å². The maximum atomic E-state index is 7.22. The van der Waals surface area contributed by atoms with E-state index >= 15 is 0 Å². The van der Waals surface area contributed by atoms with Gasteiger partial charge in [0.15, 0.2) is 0 Å². The van der Waals surface area contributed by atoms with Crippen LogP contribution in [-0.2, 0) is 0 Å². The number of nitrogens with zero attached hydrogens (tertiary/aromatic N) is 2. The molecule has 11 nitrogen and oxygen atoms in total. The lowest BCUT2D eigenvalue weighted by atomic mass is 9.30. The Labute approximate surface area is 480 Å². The molecule has 0 saturated carbocycles. The Morgan fingerprint density at radius 1 is 0.341 bits per heavy atom. The molecule has 0 fully saturated rings. The molecule has 2 N–H and O–H groups in total. The van der Waals surface area contributed by atoms with Crippen molar-refractivity contribution in [1.82, 2.24) is 9.97 Å². The molecule has 2 aromatic heterocycles. The lowest BCUT2D eigenvalue weighted by molar-refractivity contribution is 0.443. The topological polar surface area (TPSA) is 103 Å². The van der Waals surface area contributed by atoms with E-state index in [1.165, 1.54) is 5.46 Å². The summed E-state index contributed by atoms with van der Waals surface area (Å²) in [7, 11) is 0. The van der Waals surface area contributed by atoms with Crippen LogP contribution in [-0.4, -0.2) is 42.6 Å². The first-order chi connectivity index (χ1) is 40.5. The van der Waals surface area contributed by atoms with Crippen molar-refractivity contribution in [1.29, 1.82) is 0 Å². The first kappa shape index (κ1) is 46.2. The number of anilines is 4. The molecule has 0 aliphatic carbocycles. The fourth-order valence-electron chi connectivity index (χ4n) is 13.4. The minimum atomic E-state index is -0.276. The molecule has 0 atom stereocenters.